The molecule has 0 atom stereocenters. The van der Waals surface area contributed by atoms with Gasteiger partial charge < -0.3 is 5.32 Å². The molecule has 0 saturated heterocycles. The first-order valence-corrected chi connectivity index (χ1v) is 9.35. The number of benzene rings is 2. The van der Waals surface area contributed by atoms with Gasteiger partial charge >= 0.3 is 0 Å². The Hall–Kier alpha value is -1.87. The highest BCUT2D eigenvalue weighted by Gasteiger charge is 2.10. The summed E-state index contributed by atoms with van der Waals surface area (Å²) in [6, 6.07) is 15.7. The van der Waals surface area contributed by atoms with E-state index in [4.69, 9.17) is 0 Å². The van der Waals surface area contributed by atoms with Crippen LogP contribution in [0.1, 0.15) is 5.56 Å². The SMILES string of the molecule is Cc1cccc(-c2nc(SCC(=O)Nc3ccccc3I)n[nH]2)c1. The van der Waals surface area contributed by atoms with Crippen molar-refractivity contribution in [2.24, 2.45) is 0 Å². The number of hydrogen-bond donors (Lipinski definition) is 2. The average molecular weight is 450 g/mol. The van der Waals surface area contributed by atoms with Crippen molar-refractivity contribution < 1.29 is 4.79 Å². The summed E-state index contributed by atoms with van der Waals surface area (Å²) in [6.07, 6.45) is 0. The highest BCUT2D eigenvalue weighted by Crippen LogP contribution is 2.21. The fourth-order valence-electron chi connectivity index (χ4n) is 2.11. The van der Waals surface area contributed by atoms with Crippen LogP contribution in [0.2, 0.25) is 0 Å². The number of aromatic nitrogens is 3. The Balaban J connectivity index is 1.59. The lowest BCUT2D eigenvalue weighted by Gasteiger charge is -2.05. The van der Waals surface area contributed by atoms with Crippen LogP contribution in [0, 0.1) is 10.5 Å². The number of H-pyrrole nitrogens is 1. The van der Waals surface area contributed by atoms with Crippen LogP contribution < -0.4 is 5.32 Å². The van der Waals surface area contributed by atoms with Crippen molar-refractivity contribution in [1.82, 2.24) is 15.2 Å². The molecule has 1 heterocycles. The van der Waals surface area contributed by atoms with Gasteiger partial charge in [-0.3, -0.25) is 9.89 Å². The number of hydrogen-bond acceptors (Lipinski definition) is 4. The number of carbonyl (C=O) groups excluding carboxylic acids is 1. The highest BCUT2D eigenvalue weighted by molar-refractivity contribution is 14.1. The molecule has 3 aromatic rings. The molecule has 0 saturated carbocycles. The molecule has 1 aromatic heterocycles. The van der Waals surface area contributed by atoms with Crippen LogP contribution in [0.5, 0.6) is 0 Å². The molecule has 0 bridgehead atoms. The standard InChI is InChI=1S/C17H15IN4OS/c1-11-5-4-6-12(9-11)16-20-17(22-21-16)24-10-15(23)19-14-8-3-2-7-13(14)18/h2-9H,10H2,1H3,(H,19,23)(H,20,21,22). The van der Waals surface area contributed by atoms with Gasteiger partial charge in [-0.15, -0.1) is 5.10 Å². The summed E-state index contributed by atoms with van der Waals surface area (Å²) in [7, 11) is 0. The molecule has 122 valence electrons. The summed E-state index contributed by atoms with van der Waals surface area (Å²) >= 11 is 3.50. The van der Waals surface area contributed by atoms with Crippen molar-refractivity contribution in [3.05, 3.63) is 57.7 Å². The second-order valence-corrected chi connectivity index (χ2v) is 7.26. The fraction of sp³-hybridized carbons (Fsp3) is 0.118. The van der Waals surface area contributed by atoms with E-state index in [1.807, 2.05) is 55.5 Å². The summed E-state index contributed by atoms with van der Waals surface area (Å²) < 4.78 is 1.01. The first kappa shape index (κ1) is 17.0. The molecule has 7 heteroatoms. The molecule has 2 aromatic carbocycles. The molecule has 0 aliphatic carbocycles. The van der Waals surface area contributed by atoms with Gasteiger partial charge in [-0.1, -0.05) is 47.7 Å². The molecule has 1 amide bonds. The molecular weight excluding hydrogens is 435 g/mol. The van der Waals surface area contributed by atoms with Crippen LogP contribution in [0.15, 0.2) is 53.7 Å². The zero-order chi connectivity index (χ0) is 16.9. The highest BCUT2D eigenvalue weighted by atomic mass is 127. The maximum absolute atomic E-state index is 12.1. The first-order valence-electron chi connectivity index (χ1n) is 7.28. The molecule has 2 N–H and O–H groups in total. The second kappa shape index (κ2) is 7.80. The normalized spacial score (nSPS) is 10.6. The molecule has 5 nitrogen and oxygen atoms in total. The third-order valence-corrected chi connectivity index (χ3v) is 5.02. The van der Waals surface area contributed by atoms with E-state index < -0.39 is 0 Å². The summed E-state index contributed by atoms with van der Waals surface area (Å²) in [5.74, 6) is 0.890. The average Bonchev–Trinajstić information content (AvgIpc) is 3.04. The van der Waals surface area contributed by atoms with E-state index in [-0.39, 0.29) is 11.7 Å². The van der Waals surface area contributed by atoms with Crippen molar-refractivity contribution >= 4 is 45.9 Å². The van der Waals surface area contributed by atoms with Gasteiger partial charge in [-0.25, -0.2) is 4.98 Å². The maximum atomic E-state index is 12.1. The van der Waals surface area contributed by atoms with E-state index in [1.54, 1.807) is 0 Å². The van der Waals surface area contributed by atoms with Crippen LogP contribution in [-0.2, 0) is 4.79 Å². The molecule has 0 fully saturated rings. The number of nitrogens with one attached hydrogen (secondary N) is 2. The van der Waals surface area contributed by atoms with Gasteiger partial charge in [0.1, 0.15) is 0 Å². The van der Waals surface area contributed by atoms with E-state index in [9.17, 15) is 4.79 Å². The lowest BCUT2D eigenvalue weighted by Crippen LogP contribution is -2.14. The Kier molecular flexibility index (Phi) is 5.52. The van der Waals surface area contributed by atoms with Crippen molar-refractivity contribution in [3.8, 4) is 11.4 Å². The van der Waals surface area contributed by atoms with Crippen molar-refractivity contribution in [2.45, 2.75) is 12.1 Å². The Morgan fingerprint density at radius 2 is 2.08 bits per heavy atom. The molecule has 0 spiro atoms. The van der Waals surface area contributed by atoms with Gasteiger partial charge in [0.25, 0.3) is 0 Å². The summed E-state index contributed by atoms with van der Waals surface area (Å²) in [5.41, 5.74) is 2.96. The summed E-state index contributed by atoms with van der Waals surface area (Å²) in [5, 5.41) is 10.5. The summed E-state index contributed by atoms with van der Waals surface area (Å²) in [6.45, 7) is 2.03. The summed E-state index contributed by atoms with van der Waals surface area (Å²) in [4.78, 5) is 16.5. The number of thioether (sulfide) groups is 1. The lowest BCUT2D eigenvalue weighted by molar-refractivity contribution is -0.113. The Morgan fingerprint density at radius 1 is 1.25 bits per heavy atom. The quantitative estimate of drug-likeness (QED) is 0.454. The molecule has 24 heavy (non-hydrogen) atoms. The smallest absolute Gasteiger partial charge is 0.234 e. The Morgan fingerprint density at radius 3 is 2.88 bits per heavy atom. The van der Waals surface area contributed by atoms with Gasteiger partial charge in [-0.2, -0.15) is 0 Å². The molecule has 3 rings (SSSR count). The first-order chi connectivity index (χ1) is 11.6. The van der Waals surface area contributed by atoms with E-state index in [1.165, 1.54) is 11.8 Å². The predicted octanol–water partition coefficient (Wildman–Crippen LogP) is 4.12. The lowest BCUT2D eigenvalue weighted by atomic mass is 10.1. The van der Waals surface area contributed by atoms with Crippen molar-refractivity contribution in [3.63, 3.8) is 0 Å². The number of rotatable bonds is 5. The van der Waals surface area contributed by atoms with Gasteiger partial charge in [0.15, 0.2) is 5.82 Å². The minimum atomic E-state index is -0.0778. The molecular formula is C17H15IN4OS. The minimum absolute atomic E-state index is 0.0778. The monoisotopic (exact) mass is 450 g/mol. The third kappa shape index (κ3) is 4.35. The number of anilines is 1. The van der Waals surface area contributed by atoms with E-state index in [0.717, 1.165) is 20.4 Å². The third-order valence-electron chi connectivity index (χ3n) is 3.24. The van der Waals surface area contributed by atoms with Crippen LogP contribution >= 0.6 is 34.4 Å². The molecule has 0 aliphatic heterocycles. The maximum Gasteiger partial charge on any atom is 0.234 e. The van der Waals surface area contributed by atoms with Gasteiger partial charge in [0.05, 0.1) is 11.4 Å². The number of para-hydroxylation sites is 1. The van der Waals surface area contributed by atoms with E-state index >= 15 is 0 Å². The molecule has 0 aliphatic rings. The number of halogens is 1. The van der Waals surface area contributed by atoms with Crippen LogP contribution in [0.25, 0.3) is 11.4 Å². The Bertz CT molecular complexity index is 865. The van der Waals surface area contributed by atoms with E-state index in [0.29, 0.717) is 11.0 Å². The van der Waals surface area contributed by atoms with Gasteiger partial charge in [0.2, 0.25) is 11.1 Å². The predicted molar refractivity (Wildman–Crippen MR) is 105 cm³/mol. The molecule has 0 radical (unpaired) electrons. The number of nitrogens with zero attached hydrogens (tertiary/aromatic N) is 2. The topological polar surface area (TPSA) is 70.7 Å². The van der Waals surface area contributed by atoms with Crippen LogP contribution in [0.4, 0.5) is 5.69 Å². The number of carbonyl (C=O) groups is 1. The second-order valence-electron chi connectivity index (χ2n) is 5.15. The number of aromatic amines is 1. The minimum Gasteiger partial charge on any atom is -0.324 e. The number of aryl methyl sites for hydroxylation is 1. The van der Waals surface area contributed by atoms with E-state index in [2.05, 4.69) is 43.1 Å². The van der Waals surface area contributed by atoms with Gasteiger partial charge in [-0.05, 0) is 47.7 Å². The van der Waals surface area contributed by atoms with Crippen molar-refractivity contribution in [1.29, 1.82) is 0 Å². The van der Waals surface area contributed by atoms with Crippen LogP contribution in [-0.4, -0.2) is 26.8 Å². The Labute approximate surface area is 157 Å². The van der Waals surface area contributed by atoms with Crippen molar-refractivity contribution in [2.75, 3.05) is 11.1 Å². The van der Waals surface area contributed by atoms with Gasteiger partial charge in [0, 0.05) is 9.13 Å². The largest absolute Gasteiger partial charge is 0.324 e. The number of amides is 1. The fourth-order valence-corrected chi connectivity index (χ4v) is 3.23. The van der Waals surface area contributed by atoms with Crippen LogP contribution in [0.3, 0.4) is 0 Å². The zero-order valence-electron chi connectivity index (χ0n) is 12.9. The molecule has 0 unspecified atom stereocenters. The zero-order valence-corrected chi connectivity index (χ0v) is 15.9.